The van der Waals surface area contributed by atoms with E-state index in [0.29, 0.717) is 12.8 Å². The molecule has 6 N–H and O–H groups in total. The Bertz CT molecular complexity index is 1610. The molecule has 1 amide bonds. The molecular formula is C78H143NO8. The summed E-state index contributed by atoms with van der Waals surface area (Å²) in [6, 6.07) is -0.721. The Morgan fingerprint density at radius 1 is 0.402 bits per heavy atom. The largest absolute Gasteiger partial charge is 0.394 e. The first kappa shape index (κ1) is 82.6. The number of hydrogen-bond acceptors (Lipinski definition) is 8. The molecule has 0 spiro atoms. The second-order valence-electron chi connectivity index (χ2n) is 26.1. The van der Waals surface area contributed by atoms with E-state index in [4.69, 9.17) is 9.47 Å². The van der Waals surface area contributed by atoms with Gasteiger partial charge in [-0.05, 0) is 64.2 Å². The van der Waals surface area contributed by atoms with Crippen molar-refractivity contribution < 1.29 is 39.8 Å². The van der Waals surface area contributed by atoms with Gasteiger partial charge >= 0.3 is 0 Å². The third-order valence-corrected chi connectivity index (χ3v) is 17.8. The van der Waals surface area contributed by atoms with Gasteiger partial charge in [-0.25, -0.2) is 0 Å². The van der Waals surface area contributed by atoms with E-state index in [1.807, 2.05) is 0 Å². The monoisotopic (exact) mass is 1220 g/mol. The predicted molar refractivity (Wildman–Crippen MR) is 373 cm³/mol. The van der Waals surface area contributed by atoms with Gasteiger partial charge in [0.25, 0.3) is 0 Å². The highest BCUT2D eigenvalue weighted by molar-refractivity contribution is 5.76. The lowest BCUT2D eigenvalue weighted by Gasteiger charge is -2.40. The van der Waals surface area contributed by atoms with Crippen molar-refractivity contribution >= 4 is 5.91 Å². The van der Waals surface area contributed by atoms with Gasteiger partial charge in [-0.2, -0.15) is 0 Å². The Balaban J connectivity index is 2.05. The topological polar surface area (TPSA) is 149 Å². The molecule has 0 saturated carbocycles. The smallest absolute Gasteiger partial charge is 0.220 e. The Morgan fingerprint density at radius 3 is 1.06 bits per heavy atom. The zero-order valence-corrected chi connectivity index (χ0v) is 57.0. The second-order valence-corrected chi connectivity index (χ2v) is 26.1. The molecule has 1 fully saturated rings. The van der Waals surface area contributed by atoms with Crippen LogP contribution in [0.1, 0.15) is 361 Å². The molecule has 9 heteroatoms. The van der Waals surface area contributed by atoms with Gasteiger partial charge in [0.1, 0.15) is 24.4 Å². The third-order valence-electron chi connectivity index (χ3n) is 17.8. The third kappa shape index (κ3) is 55.0. The molecule has 0 aliphatic carbocycles. The second kappa shape index (κ2) is 66.5. The van der Waals surface area contributed by atoms with E-state index in [1.165, 1.54) is 257 Å². The van der Waals surface area contributed by atoms with Crippen LogP contribution in [0.2, 0.25) is 0 Å². The highest BCUT2D eigenvalue weighted by Gasteiger charge is 2.44. The Hall–Kier alpha value is -2.37. The minimum atomic E-state index is -1.55. The Kier molecular flexibility index (Phi) is 63.2. The molecule has 0 aromatic heterocycles. The minimum absolute atomic E-state index is 0.135. The van der Waals surface area contributed by atoms with Crippen LogP contribution in [-0.2, 0) is 14.3 Å². The molecule has 1 aliphatic rings. The van der Waals surface area contributed by atoms with Crippen molar-refractivity contribution in [2.24, 2.45) is 0 Å². The van der Waals surface area contributed by atoms with Gasteiger partial charge in [-0.1, -0.05) is 363 Å². The molecule has 1 aliphatic heterocycles. The predicted octanol–water partition coefficient (Wildman–Crippen LogP) is 21.1. The van der Waals surface area contributed by atoms with Gasteiger partial charge in [-0.3, -0.25) is 4.79 Å². The van der Waals surface area contributed by atoms with E-state index >= 15 is 0 Å². The van der Waals surface area contributed by atoms with Crippen molar-refractivity contribution in [3.8, 4) is 0 Å². The molecule has 0 aromatic rings. The van der Waals surface area contributed by atoms with E-state index in [9.17, 15) is 30.3 Å². The summed E-state index contributed by atoms with van der Waals surface area (Å²) < 4.78 is 11.4. The van der Waals surface area contributed by atoms with Crippen LogP contribution in [-0.4, -0.2) is 87.5 Å². The molecule has 1 rings (SSSR count). The van der Waals surface area contributed by atoms with Crippen LogP contribution >= 0.6 is 0 Å². The summed E-state index contributed by atoms with van der Waals surface area (Å²) in [5.74, 6) is -0.137. The standard InChI is InChI=1S/C78H143NO8/c1-3-5-7-9-11-13-15-17-19-21-23-25-27-28-29-30-31-32-33-34-35-36-37-38-39-40-41-42-43-44-46-48-50-52-54-56-58-60-62-64-66-68-74(82)79-71(70-86-78-77(85)76(84)75(83)73(69-80)87-78)72(81)67-65-63-61-59-57-55-53-51-49-47-45-26-24-22-20-18-16-14-12-10-8-6-4-2/h5,7,11,13,17,19,23,25,28-29,31-32,71-73,75-78,80-81,83-85H,3-4,6,8-10,12,14-16,18,20-22,24,26-27,30,33-70H2,1-2H3,(H,79,82)/b7-5-,13-11-,19-17-,25-23-,29-28-,32-31-. The van der Waals surface area contributed by atoms with E-state index in [1.54, 1.807) is 0 Å². The van der Waals surface area contributed by atoms with Crippen molar-refractivity contribution in [2.45, 2.75) is 403 Å². The summed E-state index contributed by atoms with van der Waals surface area (Å²) in [7, 11) is 0. The normalized spacial score (nSPS) is 18.4. The molecule has 7 unspecified atom stereocenters. The molecule has 0 aromatic carbocycles. The first-order valence-electron chi connectivity index (χ1n) is 37.6. The quantitative estimate of drug-likeness (QED) is 0.0261. The molecule has 1 heterocycles. The van der Waals surface area contributed by atoms with Crippen LogP contribution in [0.5, 0.6) is 0 Å². The summed E-state index contributed by atoms with van der Waals surface area (Å²) in [6.45, 7) is 3.77. The van der Waals surface area contributed by atoms with Gasteiger partial charge in [0.2, 0.25) is 5.91 Å². The van der Waals surface area contributed by atoms with Crippen LogP contribution in [0, 0.1) is 0 Å². The summed E-state index contributed by atoms with van der Waals surface area (Å²) in [5.41, 5.74) is 0. The number of unbranched alkanes of at least 4 members (excludes halogenated alkanes) is 44. The van der Waals surface area contributed by atoms with E-state index < -0.39 is 49.5 Å². The first-order chi connectivity index (χ1) is 42.8. The zero-order valence-electron chi connectivity index (χ0n) is 57.0. The highest BCUT2D eigenvalue weighted by Crippen LogP contribution is 2.24. The van der Waals surface area contributed by atoms with Crippen LogP contribution in [0.15, 0.2) is 72.9 Å². The number of hydrogen-bond donors (Lipinski definition) is 6. The van der Waals surface area contributed by atoms with E-state index in [-0.39, 0.29) is 12.5 Å². The summed E-state index contributed by atoms with van der Waals surface area (Å²) >= 11 is 0. The average molecular weight is 1220 g/mol. The number of nitrogens with one attached hydrogen (secondary N) is 1. The van der Waals surface area contributed by atoms with Gasteiger partial charge in [-0.15, -0.1) is 0 Å². The number of allylic oxidation sites excluding steroid dienone is 12. The fraction of sp³-hybridized carbons (Fsp3) is 0.833. The van der Waals surface area contributed by atoms with Crippen molar-refractivity contribution in [3.05, 3.63) is 72.9 Å². The lowest BCUT2D eigenvalue weighted by atomic mass is 9.99. The number of carbonyl (C=O) groups excluding carboxylic acids is 1. The maximum Gasteiger partial charge on any atom is 0.220 e. The fourth-order valence-electron chi connectivity index (χ4n) is 12.0. The van der Waals surface area contributed by atoms with Gasteiger partial charge in [0.05, 0.1) is 25.4 Å². The number of aliphatic hydroxyl groups excluding tert-OH is 5. The van der Waals surface area contributed by atoms with Crippen molar-refractivity contribution in [1.29, 1.82) is 0 Å². The first-order valence-corrected chi connectivity index (χ1v) is 37.6. The van der Waals surface area contributed by atoms with E-state index in [0.717, 1.165) is 77.0 Å². The van der Waals surface area contributed by atoms with E-state index in [2.05, 4.69) is 92.1 Å². The lowest BCUT2D eigenvalue weighted by Crippen LogP contribution is -2.60. The van der Waals surface area contributed by atoms with Crippen LogP contribution < -0.4 is 5.32 Å². The Labute approximate surface area is 538 Å². The number of carbonyl (C=O) groups is 1. The molecule has 508 valence electrons. The molecule has 9 nitrogen and oxygen atoms in total. The highest BCUT2D eigenvalue weighted by atomic mass is 16.7. The van der Waals surface area contributed by atoms with Crippen molar-refractivity contribution in [2.75, 3.05) is 13.2 Å². The summed E-state index contributed by atoms with van der Waals surface area (Å²) in [4.78, 5) is 13.2. The van der Waals surface area contributed by atoms with Gasteiger partial charge < -0.3 is 40.3 Å². The maximum atomic E-state index is 13.2. The molecule has 0 bridgehead atoms. The SMILES string of the molecule is CC/C=C\C/C=C\C/C=C\C/C=C\C/C=C\C/C=C\CCCCCCCCCCCCCCCCCCCCCCCCC(=O)NC(COC1OC(CO)C(O)C(O)C1O)C(O)CCCCCCCCCCCCCCCCCCCCCCCCC. The zero-order chi connectivity index (χ0) is 62.8. The Morgan fingerprint density at radius 2 is 0.713 bits per heavy atom. The lowest BCUT2D eigenvalue weighted by molar-refractivity contribution is -0.302. The number of rotatable bonds is 66. The van der Waals surface area contributed by atoms with Crippen LogP contribution in [0.4, 0.5) is 0 Å². The number of aliphatic hydroxyl groups is 5. The summed E-state index contributed by atoms with van der Waals surface area (Å²) in [5, 5.41) is 55.0. The van der Waals surface area contributed by atoms with Gasteiger partial charge in [0, 0.05) is 6.42 Å². The molecule has 87 heavy (non-hydrogen) atoms. The molecule has 1 saturated heterocycles. The number of amides is 1. The van der Waals surface area contributed by atoms with Crippen LogP contribution in [0.3, 0.4) is 0 Å². The van der Waals surface area contributed by atoms with Crippen molar-refractivity contribution in [3.63, 3.8) is 0 Å². The minimum Gasteiger partial charge on any atom is -0.394 e. The molecular weight excluding hydrogens is 1080 g/mol. The summed E-state index contributed by atoms with van der Waals surface area (Å²) in [6.07, 6.45) is 87.0. The van der Waals surface area contributed by atoms with Crippen LogP contribution in [0.25, 0.3) is 0 Å². The number of ether oxygens (including phenoxy) is 2. The van der Waals surface area contributed by atoms with Gasteiger partial charge in [0.15, 0.2) is 6.29 Å². The average Bonchev–Trinajstić information content (AvgIpc) is 3.47. The molecule has 7 atom stereocenters. The maximum absolute atomic E-state index is 13.2. The molecule has 0 radical (unpaired) electrons. The fourth-order valence-corrected chi connectivity index (χ4v) is 12.0. The van der Waals surface area contributed by atoms with Crippen molar-refractivity contribution in [1.82, 2.24) is 5.32 Å².